The van der Waals surface area contributed by atoms with Crippen LogP contribution in [0.15, 0.2) is 24.3 Å². The summed E-state index contributed by atoms with van der Waals surface area (Å²) < 4.78 is 17.7. The molecular formula is C14H18FNO4. The molecule has 6 heteroatoms. The second kappa shape index (κ2) is 7.59. The van der Waals surface area contributed by atoms with Crippen molar-refractivity contribution in [3.8, 4) is 0 Å². The van der Waals surface area contributed by atoms with Crippen LogP contribution in [0.3, 0.4) is 0 Å². The highest BCUT2D eigenvalue weighted by Gasteiger charge is 2.25. The van der Waals surface area contributed by atoms with E-state index in [2.05, 4.69) is 0 Å². The maximum Gasteiger partial charge on any atom is 0.325 e. The first kappa shape index (κ1) is 16.1. The summed E-state index contributed by atoms with van der Waals surface area (Å²) in [4.78, 5) is 24.1. The van der Waals surface area contributed by atoms with E-state index < -0.39 is 17.8 Å². The lowest BCUT2D eigenvalue weighted by molar-refractivity contribution is -0.146. The topological polar surface area (TPSA) is 66.8 Å². The van der Waals surface area contributed by atoms with Gasteiger partial charge in [-0.3, -0.25) is 14.5 Å². The van der Waals surface area contributed by atoms with Gasteiger partial charge in [0.25, 0.3) is 0 Å². The minimum absolute atomic E-state index is 0.106. The van der Waals surface area contributed by atoms with Gasteiger partial charge < -0.3 is 9.84 Å². The third-order valence-electron chi connectivity index (χ3n) is 2.83. The summed E-state index contributed by atoms with van der Waals surface area (Å²) in [6.07, 6.45) is 0.106. The van der Waals surface area contributed by atoms with Gasteiger partial charge >= 0.3 is 11.9 Å². The fraction of sp³-hybridized carbons (Fsp3) is 0.429. The van der Waals surface area contributed by atoms with Crippen molar-refractivity contribution in [2.45, 2.75) is 19.4 Å². The number of carbonyl (C=O) groups excluding carboxylic acids is 1. The smallest absolute Gasteiger partial charge is 0.325 e. The molecule has 0 aliphatic carbocycles. The number of hydrogen-bond donors (Lipinski definition) is 1. The van der Waals surface area contributed by atoms with Crippen molar-refractivity contribution in [2.75, 3.05) is 20.2 Å². The van der Waals surface area contributed by atoms with E-state index in [1.165, 1.54) is 29.2 Å². The SMILES string of the molecule is CCOC(=O)CCN(C)C(C(=O)O)c1ccc(F)cc1. The van der Waals surface area contributed by atoms with Gasteiger partial charge in [0.05, 0.1) is 13.0 Å². The Morgan fingerprint density at radius 3 is 2.45 bits per heavy atom. The summed E-state index contributed by atoms with van der Waals surface area (Å²) in [6.45, 7) is 2.25. The number of carboxylic acids is 1. The van der Waals surface area contributed by atoms with Crippen molar-refractivity contribution in [2.24, 2.45) is 0 Å². The predicted molar refractivity (Wildman–Crippen MR) is 70.7 cm³/mol. The Morgan fingerprint density at radius 2 is 1.95 bits per heavy atom. The van der Waals surface area contributed by atoms with E-state index in [0.717, 1.165) is 0 Å². The number of aliphatic carboxylic acids is 1. The highest BCUT2D eigenvalue weighted by molar-refractivity contribution is 5.75. The van der Waals surface area contributed by atoms with E-state index >= 15 is 0 Å². The summed E-state index contributed by atoms with van der Waals surface area (Å²) in [6, 6.07) is 4.35. The lowest BCUT2D eigenvalue weighted by atomic mass is 10.1. The van der Waals surface area contributed by atoms with Gasteiger partial charge in [-0.2, -0.15) is 0 Å². The Morgan fingerprint density at radius 1 is 1.35 bits per heavy atom. The average molecular weight is 283 g/mol. The molecular weight excluding hydrogens is 265 g/mol. The number of rotatable bonds is 7. The highest BCUT2D eigenvalue weighted by Crippen LogP contribution is 2.20. The number of ether oxygens (including phenoxy) is 1. The molecule has 0 aliphatic rings. The highest BCUT2D eigenvalue weighted by atomic mass is 19.1. The zero-order chi connectivity index (χ0) is 15.1. The number of benzene rings is 1. The lowest BCUT2D eigenvalue weighted by Crippen LogP contribution is -2.32. The zero-order valence-corrected chi connectivity index (χ0v) is 11.5. The monoisotopic (exact) mass is 283 g/mol. The van der Waals surface area contributed by atoms with E-state index in [1.54, 1.807) is 14.0 Å². The molecule has 0 radical (unpaired) electrons. The molecule has 0 aliphatic heterocycles. The summed E-state index contributed by atoms with van der Waals surface area (Å²) >= 11 is 0. The predicted octanol–water partition coefficient (Wildman–Crippen LogP) is 1.84. The van der Waals surface area contributed by atoms with E-state index in [9.17, 15) is 19.1 Å². The Balaban J connectivity index is 2.73. The van der Waals surface area contributed by atoms with E-state index in [0.29, 0.717) is 12.2 Å². The van der Waals surface area contributed by atoms with Crippen LogP contribution in [-0.2, 0) is 14.3 Å². The molecule has 0 fully saturated rings. The number of esters is 1. The first-order valence-corrected chi connectivity index (χ1v) is 6.29. The summed E-state index contributed by atoms with van der Waals surface area (Å²) in [5.41, 5.74) is 0.463. The van der Waals surface area contributed by atoms with Crippen LogP contribution >= 0.6 is 0 Å². The minimum atomic E-state index is -1.05. The van der Waals surface area contributed by atoms with Gasteiger partial charge in [-0.25, -0.2) is 4.39 Å². The summed E-state index contributed by atoms with van der Waals surface area (Å²) in [5.74, 6) is -1.85. The molecule has 1 unspecified atom stereocenters. The standard InChI is InChI=1S/C14H18FNO4/c1-3-20-12(17)8-9-16(2)13(14(18)19)10-4-6-11(15)7-5-10/h4-7,13H,3,8-9H2,1-2H3,(H,18,19). The first-order chi connectivity index (χ1) is 9.45. The second-order valence-corrected chi connectivity index (χ2v) is 4.33. The van der Waals surface area contributed by atoms with Crippen LogP contribution in [0.1, 0.15) is 24.9 Å². The fourth-order valence-corrected chi connectivity index (χ4v) is 1.86. The molecule has 5 nitrogen and oxygen atoms in total. The molecule has 20 heavy (non-hydrogen) atoms. The third kappa shape index (κ3) is 4.62. The minimum Gasteiger partial charge on any atom is -0.480 e. The number of carboxylic acid groups (broad SMARTS) is 1. The number of hydrogen-bond acceptors (Lipinski definition) is 4. The van der Waals surface area contributed by atoms with Crippen molar-refractivity contribution in [3.63, 3.8) is 0 Å². The molecule has 0 aromatic heterocycles. The van der Waals surface area contributed by atoms with Crippen molar-refractivity contribution in [1.82, 2.24) is 4.90 Å². The molecule has 110 valence electrons. The molecule has 1 atom stereocenters. The van der Waals surface area contributed by atoms with Gasteiger partial charge in [0.1, 0.15) is 11.9 Å². The summed E-state index contributed by atoms with van der Waals surface area (Å²) in [5, 5.41) is 9.28. The second-order valence-electron chi connectivity index (χ2n) is 4.33. The van der Waals surface area contributed by atoms with Crippen LogP contribution in [0.2, 0.25) is 0 Å². The molecule has 1 aromatic rings. The molecule has 0 saturated heterocycles. The molecule has 0 amide bonds. The zero-order valence-electron chi connectivity index (χ0n) is 11.5. The molecule has 1 aromatic carbocycles. The van der Waals surface area contributed by atoms with Crippen molar-refractivity contribution < 1.29 is 23.8 Å². The Hall–Kier alpha value is -1.95. The van der Waals surface area contributed by atoms with Crippen molar-refractivity contribution >= 4 is 11.9 Å². The van der Waals surface area contributed by atoms with Crippen LogP contribution in [-0.4, -0.2) is 42.1 Å². The van der Waals surface area contributed by atoms with Crippen molar-refractivity contribution in [3.05, 3.63) is 35.6 Å². The molecule has 0 heterocycles. The van der Waals surface area contributed by atoms with Gasteiger partial charge in [-0.05, 0) is 31.7 Å². The van der Waals surface area contributed by atoms with Crippen LogP contribution in [0.5, 0.6) is 0 Å². The molecule has 1 rings (SSSR count). The Kier molecular flexibility index (Phi) is 6.11. The van der Waals surface area contributed by atoms with Crippen LogP contribution < -0.4 is 0 Å². The van der Waals surface area contributed by atoms with Gasteiger partial charge in [0, 0.05) is 6.54 Å². The molecule has 0 saturated carbocycles. The third-order valence-corrected chi connectivity index (χ3v) is 2.83. The van der Waals surface area contributed by atoms with Crippen molar-refractivity contribution in [1.29, 1.82) is 0 Å². The molecule has 0 spiro atoms. The number of nitrogens with zero attached hydrogens (tertiary/aromatic N) is 1. The normalized spacial score (nSPS) is 12.2. The van der Waals surface area contributed by atoms with Gasteiger partial charge in [-0.1, -0.05) is 12.1 Å². The number of likely N-dealkylation sites (N-methyl/N-ethyl adjacent to an activating group) is 1. The Bertz CT molecular complexity index is 461. The van der Waals surface area contributed by atoms with E-state index in [4.69, 9.17) is 4.74 Å². The Labute approximate surface area is 117 Å². The number of halogens is 1. The van der Waals surface area contributed by atoms with Crippen LogP contribution in [0.25, 0.3) is 0 Å². The summed E-state index contributed by atoms with van der Waals surface area (Å²) in [7, 11) is 1.60. The number of carbonyl (C=O) groups is 2. The average Bonchev–Trinajstić information content (AvgIpc) is 2.39. The first-order valence-electron chi connectivity index (χ1n) is 6.29. The van der Waals surface area contributed by atoms with Gasteiger partial charge in [0.15, 0.2) is 0 Å². The van der Waals surface area contributed by atoms with E-state index in [1.807, 2.05) is 0 Å². The van der Waals surface area contributed by atoms with Gasteiger partial charge in [-0.15, -0.1) is 0 Å². The van der Waals surface area contributed by atoms with Gasteiger partial charge in [0.2, 0.25) is 0 Å². The maximum absolute atomic E-state index is 12.9. The van der Waals surface area contributed by atoms with Crippen LogP contribution in [0.4, 0.5) is 4.39 Å². The largest absolute Gasteiger partial charge is 0.480 e. The quantitative estimate of drug-likeness (QED) is 0.773. The molecule has 1 N–H and O–H groups in total. The molecule has 0 bridgehead atoms. The fourth-order valence-electron chi connectivity index (χ4n) is 1.86. The lowest BCUT2D eigenvalue weighted by Gasteiger charge is -2.24. The maximum atomic E-state index is 12.9. The van der Waals surface area contributed by atoms with E-state index in [-0.39, 0.29) is 18.9 Å². The van der Waals surface area contributed by atoms with Crippen LogP contribution in [0, 0.1) is 5.82 Å².